The van der Waals surface area contributed by atoms with Crippen LogP contribution in [0.4, 0.5) is 5.69 Å². The van der Waals surface area contributed by atoms with E-state index in [1.54, 1.807) is 30.5 Å². The summed E-state index contributed by atoms with van der Waals surface area (Å²) in [6.45, 7) is 1.40. The second-order valence-corrected chi connectivity index (χ2v) is 7.17. The molecular weight excluding hydrogens is 392 g/mol. The van der Waals surface area contributed by atoms with Gasteiger partial charge in [-0.25, -0.2) is 0 Å². The fraction of sp³-hybridized carbons (Fsp3) is 0.167. The van der Waals surface area contributed by atoms with Gasteiger partial charge in [-0.05, 0) is 40.6 Å². The zero-order valence-electron chi connectivity index (χ0n) is 17.3. The molecule has 0 radical (unpaired) electrons. The van der Waals surface area contributed by atoms with Crippen molar-refractivity contribution in [2.45, 2.75) is 19.4 Å². The number of carbonyl (C=O) groups excluding carboxylic acids is 3. The molecule has 0 bridgehead atoms. The van der Waals surface area contributed by atoms with Crippen molar-refractivity contribution in [2.24, 2.45) is 0 Å². The predicted molar refractivity (Wildman–Crippen MR) is 118 cm³/mol. The first-order chi connectivity index (χ1) is 14.9. The van der Waals surface area contributed by atoms with E-state index in [9.17, 15) is 14.4 Å². The minimum absolute atomic E-state index is 0.210. The van der Waals surface area contributed by atoms with Crippen molar-refractivity contribution in [3.63, 3.8) is 0 Å². The molecule has 0 spiro atoms. The maximum Gasteiger partial charge on any atom is 0.258 e. The van der Waals surface area contributed by atoms with Gasteiger partial charge in [-0.3, -0.25) is 19.3 Å². The molecule has 0 saturated carbocycles. The number of fused-ring (bicyclic) bond motifs is 1. The van der Waals surface area contributed by atoms with Gasteiger partial charge in [0.25, 0.3) is 11.8 Å². The Bertz CT molecular complexity index is 1170. The summed E-state index contributed by atoms with van der Waals surface area (Å²) in [5.74, 6) is -1.16. The number of carbonyl (C=O) groups is 3. The summed E-state index contributed by atoms with van der Waals surface area (Å²) < 4.78 is 0. The number of benzene rings is 3. The molecule has 31 heavy (non-hydrogen) atoms. The number of anilines is 1. The van der Waals surface area contributed by atoms with E-state index < -0.39 is 17.9 Å². The summed E-state index contributed by atoms with van der Waals surface area (Å²) in [5, 5.41) is 16.6. The Hall–Kier alpha value is -4.18. The van der Waals surface area contributed by atoms with Crippen molar-refractivity contribution in [3.05, 3.63) is 77.9 Å². The molecule has 1 unspecified atom stereocenters. The summed E-state index contributed by atoms with van der Waals surface area (Å²) in [6.07, 6.45) is 2.03. The van der Waals surface area contributed by atoms with Gasteiger partial charge in [-0.1, -0.05) is 42.5 Å². The van der Waals surface area contributed by atoms with Crippen molar-refractivity contribution in [3.8, 4) is 6.19 Å². The monoisotopic (exact) mass is 414 g/mol. The number of rotatable bonds is 6. The van der Waals surface area contributed by atoms with Crippen LogP contribution >= 0.6 is 0 Å². The highest BCUT2D eigenvalue weighted by molar-refractivity contribution is 5.98. The van der Waals surface area contributed by atoms with Gasteiger partial charge >= 0.3 is 0 Å². The van der Waals surface area contributed by atoms with Crippen molar-refractivity contribution in [1.29, 1.82) is 5.26 Å². The van der Waals surface area contributed by atoms with Crippen LogP contribution in [0.25, 0.3) is 10.8 Å². The summed E-state index contributed by atoms with van der Waals surface area (Å²) >= 11 is 0. The lowest BCUT2D eigenvalue weighted by molar-refractivity contribution is -0.129. The Balaban J connectivity index is 1.81. The summed E-state index contributed by atoms with van der Waals surface area (Å²) in [7, 11) is 1.37. The Kier molecular flexibility index (Phi) is 6.63. The van der Waals surface area contributed by atoms with E-state index in [1.807, 2.05) is 42.5 Å². The molecule has 3 rings (SSSR count). The third kappa shape index (κ3) is 5.46. The lowest BCUT2D eigenvalue weighted by Crippen LogP contribution is -2.47. The zero-order valence-corrected chi connectivity index (χ0v) is 17.3. The van der Waals surface area contributed by atoms with Crippen LogP contribution in [0.3, 0.4) is 0 Å². The molecule has 2 N–H and O–H groups in total. The van der Waals surface area contributed by atoms with Gasteiger partial charge in [0.15, 0.2) is 6.19 Å². The highest BCUT2D eigenvalue weighted by Crippen LogP contribution is 2.17. The highest BCUT2D eigenvalue weighted by atomic mass is 16.2. The number of hydrogen-bond donors (Lipinski definition) is 2. The topological polar surface area (TPSA) is 102 Å². The number of nitrogens with one attached hydrogen (secondary N) is 2. The largest absolute Gasteiger partial charge is 0.340 e. The molecule has 0 saturated heterocycles. The molecule has 7 heteroatoms. The van der Waals surface area contributed by atoms with Crippen LogP contribution in [0, 0.1) is 11.5 Å². The number of hydrogen-bond acceptors (Lipinski definition) is 4. The van der Waals surface area contributed by atoms with Crippen molar-refractivity contribution in [2.75, 3.05) is 12.4 Å². The second kappa shape index (κ2) is 9.55. The predicted octanol–water partition coefficient (Wildman–Crippen LogP) is 3.08. The normalized spacial score (nSPS) is 11.3. The van der Waals surface area contributed by atoms with Gasteiger partial charge < -0.3 is 10.6 Å². The van der Waals surface area contributed by atoms with E-state index in [0.717, 1.165) is 21.2 Å². The van der Waals surface area contributed by atoms with Crippen LogP contribution in [0.2, 0.25) is 0 Å². The van der Waals surface area contributed by atoms with Crippen LogP contribution in [-0.2, 0) is 16.0 Å². The summed E-state index contributed by atoms with van der Waals surface area (Å²) in [6, 6.07) is 19.1. The average molecular weight is 414 g/mol. The molecule has 0 fully saturated rings. The molecule has 0 aliphatic carbocycles. The summed E-state index contributed by atoms with van der Waals surface area (Å²) in [5.41, 5.74) is 1.77. The van der Waals surface area contributed by atoms with Gasteiger partial charge in [0, 0.05) is 31.6 Å². The van der Waals surface area contributed by atoms with E-state index in [4.69, 9.17) is 5.26 Å². The van der Waals surface area contributed by atoms with Crippen molar-refractivity contribution < 1.29 is 14.4 Å². The molecule has 3 aromatic carbocycles. The highest BCUT2D eigenvalue weighted by Gasteiger charge is 2.25. The maximum absolute atomic E-state index is 12.8. The number of nitrogens with zero attached hydrogens (tertiary/aromatic N) is 2. The molecule has 7 nitrogen and oxygen atoms in total. The van der Waals surface area contributed by atoms with Gasteiger partial charge in [0.2, 0.25) is 5.91 Å². The number of likely N-dealkylation sites (N-methyl/N-ethyl adjacent to an activating group) is 1. The molecule has 3 amide bonds. The third-order valence-corrected chi connectivity index (χ3v) is 4.81. The van der Waals surface area contributed by atoms with E-state index in [2.05, 4.69) is 10.6 Å². The van der Waals surface area contributed by atoms with Gasteiger partial charge in [-0.2, -0.15) is 5.26 Å². The van der Waals surface area contributed by atoms with Crippen LogP contribution in [0.5, 0.6) is 0 Å². The standard InChI is InChI=1S/C24H22N4O3/c1-16(29)26-21-11-9-19(10-12-21)23(30)27-22(24(31)28(2)15-25)14-17-7-8-18-5-3-4-6-20(18)13-17/h3-13,22H,14H2,1-2H3,(H,26,29)(H,27,30). The Morgan fingerprint density at radius 2 is 1.68 bits per heavy atom. The van der Waals surface area contributed by atoms with Gasteiger partial charge in [-0.15, -0.1) is 0 Å². The smallest absolute Gasteiger partial charge is 0.258 e. The first-order valence-electron chi connectivity index (χ1n) is 9.71. The first kappa shape index (κ1) is 21.5. The van der Waals surface area contributed by atoms with E-state index >= 15 is 0 Å². The second-order valence-electron chi connectivity index (χ2n) is 7.17. The van der Waals surface area contributed by atoms with Crippen LogP contribution in [-0.4, -0.2) is 35.7 Å². The number of nitriles is 1. The number of amides is 3. The van der Waals surface area contributed by atoms with Crippen LogP contribution in [0.1, 0.15) is 22.8 Å². The molecule has 0 heterocycles. The maximum atomic E-state index is 12.8. The lowest BCUT2D eigenvalue weighted by Gasteiger charge is -2.20. The van der Waals surface area contributed by atoms with Gasteiger partial charge in [0.1, 0.15) is 6.04 Å². The zero-order chi connectivity index (χ0) is 22.4. The van der Waals surface area contributed by atoms with Crippen LogP contribution < -0.4 is 10.6 Å². The van der Waals surface area contributed by atoms with Crippen LogP contribution in [0.15, 0.2) is 66.7 Å². The Morgan fingerprint density at radius 1 is 1.00 bits per heavy atom. The fourth-order valence-electron chi connectivity index (χ4n) is 3.23. The Morgan fingerprint density at radius 3 is 2.32 bits per heavy atom. The minimum Gasteiger partial charge on any atom is -0.340 e. The molecule has 1 atom stereocenters. The van der Waals surface area contributed by atoms with E-state index in [1.165, 1.54) is 14.0 Å². The van der Waals surface area contributed by atoms with Crippen molar-refractivity contribution >= 4 is 34.2 Å². The lowest BCUT2D eigenvalue weighted by atomic mass is 10.0. The first-order valence-corrected chi connectivity index (χ1v) is 9.71. The van der Waals surface area contributed by atoms with Crippen molar-refractivity contribution in [1.82, 2.24) is 10.2 Å². The molecule has 3 aromatic rings. The average Bonchev–Trinajstić information content (AvgIpc) is 2.77. The molecule has 0 aliphatic heterocycles. The molecule has 0 aromatic heterocycles. The Labute approximate surface area is 180 Å². The minimum atomic E-state index is -0.909. The quantitative estimate of drug-likeness (QED) is 0.478. The summed E-state index contributed by atoms with van der Waals surface area (Å²) in [4.78, 5) is 37.5. The van der Waals surface area contributed by atoms with Gasteiger partial charge in [0.05, 0.1) is 0 Å². The fourth-order valence-corrected chi connectivity index (χ4v) is 3.23. The SMILES string of the molecule is CC(=O)Nc1ccc(C(=O)NC(Cc2ccc3ccccc3c2)C(=O)N(C)C#N)cc1. The third-order valence-electron chi connectivity index (χ3n) is 4.81. The van der Waals surface area contributed by atoms with E-state index in [-0.39, 0.29) is 12.3 Å². The van der Waals surface area contributed by atoms with E-state index in [0.29, 0.717) is 11.3 Å². The molecule has 156 valence electrons. The molecule has 0 aliphatic rings. The molecular formula is C24H22N4O3.